The molecule has 0 bridgehead atoms. The Bertz CT molecular complexity index is 1150. The van der Waals surface area contributed by atoms with E-state index in [4.69, 9.17) is 0 Å². The van der Waals surface area contributed by atoms with Crippen LogP contribution in [0.1, 0.15) is 33.6 Å². The predicted octanol–water partition coefficient (Wildman–Crippen LogP) is 4.93. The van der Waals surface area contributed by atoms with Crippen molar-refractivity contribution in [2.24, 2.45) is 0 Å². The van der Waals surface area contributed by atoms with E-state index in [1.807, 2.05) is 49.4 Å². The summed E-state index contributed by atoms with van der Waals surface area (Å²) >= 11 is 3.37. The van der Waals surface area contributed by atoms with Crippen LogP contribution in [0.3, 0.4) is 0 Å². The largest absolute Gasteiger partial charge is 0.349 e. The van der Waals surface area contributed by atoms with E-state index in [1.165, 1.54) is 9.18 Å². The summed E-state index contributed by atoms with van der Waals surface area (Å²) in [5.41, 5.74) is 1.70. The molecule has 0 spiro atoms. The summed E-state index contributed by atoms with van der Waals surface area (Å²) in [5.74, 6) is 0.733. The number of hydrogen-bond donors (Lipinski definition) is 1. The lowest BCUT2D eigenvalue weighted by Gasteiger charge is -2.31. The number of sulfonamides is 1. The molecule has 1 aromatic heterocycles. The van der Waals surface area contributed by atoms with Crippen LogP contribution in [0, 0.1) is 6.92 Å². The second-order valence-electron chi connectivity index (χ2n) is 7.83. The zero-order valence-electron chi connectivity index (χ0n) is 17.9. The lowest BCUT2D eigenvalue weighted by Crippen LogP contribution is -2.46. The molecule has 0 atom stereocenters. The van der Waals surface area contributed by atoms with Crippen LogP contribution >= 0.6 is 23.1 Å². The maximum absolute atomic E-state index is 13.0. The third-order valence-corrected chi connectivity index (χ3v) is 9.62. The van der Waals surface area contributed by atoms with E-state index in [9.17, 15) is 13.2 Å². The van der Waals surface area contributed by atoms with Gasteiger partial charge in [0.25, 0.3) is 5.91 Å². The molecule has 1 N–H and O–H groups in total. The number of carbonyl (C=O) groups excluding carboxylic acids is 1. The Hall–Kier alpha value is -2.13. The molecular weight excluding hydrogens is 460 g/mol. The second kappa shape index (κ2) is 10.2. The average Bonchev–Trinajstić information content (AvgIpc) is 3.32. The van der Waals surface area contributed by atoms with Gasteiger partial charge in [-0.15, -0.1) is 23.1 Å². The maximum Gasteiger partial charge on any atom is 0.252 e. The Labute approximate surface area is 197 Å². The first-order valence-corrected chi connectivity index (χ1v) is 13.9. The van der Waals surface area contributed by atoms with Gasteiger partial charge >= 0.3 is 0 Å². The first kappa shape index (κ1) is 23.0. The molecule has 1 saturated heterocycles. The molecule has 1 aliphatic heterocycles. The topological polar surface area (TPSA) is 66.5 Å². The third-order valence-electron chi connectivity index (χ3n) is 5.53. The van der Waals surface area contributed by atoms with Gasteiger partial charge in [0.2, 0.25) is 10.0 Å². The van der Waals surface area contributed by atoms with E-state index in [2.05, 4.69) is 16.8 Å². The van der Waals surface area contributed by atoms with Gasteiger partial charge in [0, 0.05) is 34.7 Å². The summed E-state index contributed by atoms with van der Waals surface area (Å²) in [6.45, 7) is 2.73. The maximum atomic E-state index is 13.0. The first-order valence-electron chi connectivity index (χ1n) is 10.6. The number of thioether (sulfide) groups is 1. The van der Waals surface area contributed by atoms with Crippen molar-refractivity contribution in [1.29, 1.82) is 0 Å². The third kappa shape index (κ3) is 5.43. The molecule has 3 aromatic rings. The highest BCUT2D eigenvalue weighted by Gasteiger charge is 2.30. The van der Waals surface area contributed by atoms with Crippen molar-refractivity contribution in [2.45, 2.75) is 41.4 Å². The number of nitrogens with one attached hydrogen (secondary N) is 1. The van der Waals surface area contributed by atoms with Crippen molar-refractivity contribution >= 4 is 39.0 Å². The van der Waals surface area contributed by atoms with E-state index in [1.54, 1.807) is 35.2 Å². The number of rotatable bonds is 7. The van der Waals surface area contributed by atoms with Gasteiger partial charge in [-0.2, -0.15) is 4.31 Å². The molecule has 4 rings (SSSR count). The number of amides is 1. The Morgan fingerprint density at radius 3 is 2.47 bits per heavy atom. The summed E-state index contributed by atoms with van der Waals surface area (Å²) in [6, 6.07) is 18.7. The summed E-state index contributed by atoms with van der Waals surface area (Å²) in [7, 11) is -3.50. The van der Waals surface area contributed by atoms with Crippen molar-refractivity contribution < 1.29 is 13.2 Å². The van der Waals surface area contributed by atoms with E-state index < -0.39 is 10.0 Å². The predicted molar refractivity (Wildman–Crippen MR) is 131 cm³/mol. The van der Waals surface area contributed by atoms with Crippen LogP contribution in [0.15, 0.2) is 75.8 Å². The number of benzene rings is 2. The standard InChI is InChI=1S/C24H26N2O3S3/c1-18-8-10-21(11-9-18)32(28,29)26-14-12-19(13-15-26)25-24(27)22-6-2-3-7-23(22)31-17-20-5-4-16-30-20/h2-11,16,19H,12-15,17H2,1H3,(H,25,27). The second-order valence-corrected chi connectivity index (χ2v) is 11.8. The van der Waals surface area contributed by atoms with Crippen molar-refractivity contribution in [3.05, 3.63) is 82.0 Å². The molecule has 0 aliphatic carbocycles. The molecule has 8 heteroatoms. The normalized spacial score (nSPS) is 15.5. The summed E-state index contributed by atoms with van der Waals surface area (Å²) < 4.78 is 27.3. The molecule has 1 amide bonds. The Morgan fingerprint density at radius 1 is 1.06 bits per heavy atom. The Morgan fingerprint density at radius 2 is 1.78 bits per heavy atom. The number of carbonyl (C=O) groups is 1. The van der Waals surface area contributed by atoms with Crippen LogP contribution in [0.4, 0.5) is 0 Å². The zero-order chi connectivity index (χ0) is 22.6. The van der Waals surface area contributed by atoms with E-state index in [0.29, 0.717) is 36.4 Å². The number of aryl methyl sites for hydroxylation is 1. The van der Waals surface area contributed by atoms with Crippen LogP contribution in [-0.2, 0) is 15.8 Å². The molecule has 0 unspecified atom stereocenters. The van der Waals surface area contributed by atoms with Gasteiger partial charge in [0.15, 0.2) is 0 Å². The van der Waals surface area contributed by atoms with Gasteiger partial charge in [-0.05, 0) is 55.5 Å². The summed E-state index contributed by atoms with van der Waals surface area (Å²) in [5, 5.41) is 5.17. The monoisotopic (exact) mass is 486 g/mol. The van der Waals surface area contributed by atoms with Crippen molar-refractivity contribution in [2.75, 3.05) is 13.1 Å². The molecule has 0 saturated carbocycles. The van der Waals surface area contributed by atoms with Gasteiger partial charge < -0.3 is 5.32 Å². The Balaban J connectivity index is 1.35. The lowest BCUT2D eigenvalue weighted by atomic mass is 10.1. The molecule has 2 aromatic carbocycles. The highest BCUT2D eigenvalue weighted by Crippen LogP contribution is 2.28. The minimum absolute atomic E-state index is 0.0395. The van der Waals surface area contributed by atoms with Crippen LogP contribution in [-0.4, -0.2) is 37.8 Å². The fraction of sp³-hybridized carbons (Fsp3) is 0.292. The van der Waals surface area contributed by atoms with Gasteiger partial charge in [0.1, 0.15) is 0 Å². The summed E-state index contributed by atoms with van der Waals surface area (Å²) in [4.78, 5) is 15.5. The smallest absolute Gasteiger partial charge is 0.252 e. The minimum atomic E-state index is -3.50. The fourth-order valence-corrected chi connectivity index (χ4v) is 6.98. The molecule has 32 heavy (non-hydrogen) atoms. The van der Waals surface area contributed by atoms with E-state index in [-0.39, 0.29) is 11.9 Å². The van der Waals surface area contributed by atoms with Crippen LogP contribution < -0.4 is 5.32 Å². The SMILES string of the molecule is Cc1ccc(S(=O)(=O)N2CCC(NC(=O)c3ccccc3SCc3cccs3)CC2)cc1. The van der Waals surface area contributed by atoms with Gasteiger partial charge in [-0.3, -0.25) is 4.79 Å². The molecule has 1 fully saturated rings. The van der Waals surface area contributed by atoms with E-state index in [0.717, 1.165) is 16.2 Å². The van der Waals surface area contributed by atoms with Crippen LogP contribution in [0.2, 0.25) is 0 Å². The Kier molecular flexibility index (Phi) is 7.35. The fourth-order valence-electron chi connectivity index (χ4n) is 3.69. The van der Waals surface area contributed by atoms with Crippen molar-refractivity contribution in [3.8, 4) is 0 Å². The number of piperidine rings is 1. The summed E-state index contributed by atoms with van der Waals surface area (Å²) in [6.07, 6.45) is 1.20. The lowest BCUT2D eigenvalue weighted by molar-refractivity contribution is 0.0921. The molecular formula is C24H26N2O3S3. The zero-order valence-corrected chi connectivity index (χ0v) is 20.3. The van der Waals surface area contributed by atoms with Crippen molar-refractivity contribution in [1.82, 2.24) is 9.62 Å². The van der Waals surface area contributed by atoms with Gasteiger partial charge in [-0.25, -0.2) is 8.42 Å². The van der Waals surface area contributed by atoms with Crippen LogP contribution in [0.5, 0.6) is 0 Å². The quantitative estimate of drug-likeness (QED) is 0.481. The highest BCUT2D eigenvalue weighted by molar-refractivity contribution is 7.98. The number of hydrogen-bond acceptors (Lipinski definition) is 5. The molecule has 5 nitrogen and oxygen atoms in total. The van der Waals surface area contributed by atoms with Gasteiger partial charge in [0.05, 0.1) is 10.5 Å². The average molecular weight is 487 g/mol. The van der Waals surface area contributed by atoms with Crippen molar-refractivity contribution in [3.63, 3.8) is 0 Å². The minimum Gasteiger partial charge on any atom is -0.349 e. The number of nitrogens with zero attached hydrogens (tertiary/aromatic N) is 1. The molecule has 168 valence electrons. The molecule has 1 aliphatic rings. The highest BCUT2D eigenvalue weighted by atomic mass is 32.2. The van der Waals surface area contributed by atoms with Gasteiger partial charge in [-0.1, -0.05) is 35.9 Å². The molecule has 2 heterocycles. The van der Waals surface area contributed by atoms with E-state index >= 15 is 0 Å². The molecule has 0 radical (unpaired) electrons. The number of thiophene rings is 1. The first-order chi connectivity index (χ1) is 15.4. The van der Waals surface area contributed by atoms with Crippen LogP contribution in [0.25, 0.3) is 0 Å².